The van der Waals surface area contributed by atoms with Crippen molar-refractivity contribution in [2.45, 2.75) is 0 Å². The molecule has 0 amide bonds. The summed E-state index contributed by atoms with van der Waals surface area (Å²) in [6.07, 6.45) is -7.65. The zero-order chi connectivity index (χ0) is 13.5. The van der Waals surface area contributed by atoms with Gasteiger partial charge in [0.1, 0.15) is 0 Å². The Morgan fingerprint density at radius 2 is 0.867 bits per heavy atom. The molecule has 4 N–H and O–H groups in total. The van der Waals surface area contributed by atoms with Crippen LogP contribution in [0.4, 0.5) is 0 Å². The molecule has 0 heterocycles. The first-order chi connectivity index (χ1) is 6.00. The Hall–Kier alpha value is 1.55. The van der Waals surface area contributed by atoms with Gasteiger partial charge in [-0.15, -0.1) is 0 Å². The van der Waals surface area contributed by atoms with E-state index in [2.05, 4.69) is 0 Å². The van der Waals surface area contributed by atoms with Gasteiger partial charge in [0.25, 0.3) is 0 Å². The normalized spacial score (nSPS) is 11.6. The average molecular weight is 520 g/mol. The van der Waals surface area contributed by atoms with Crippen molar-refractivity contribution in [3.8, 4) is 0 Å². The molecule has 0 saturated heterocycles. The van der Waals surface area contributed by atoms with Gasteiger partial charge < -0.3 is 0 Å². The van der Waals surface area contributed by atoms with Crippen LogP contribution in [-0.2, 0) is 63.8 Å². The fraction of sp³-hybridized carbons (Fsp3) is 0. The summed E-state index contributed by atoms with van der Waals surface area (Å²) in [6, 6.07) is 0. The maximum absolute atomic E-state index is 9.24. The van der Waals surface area contributed by atoms with Gasteiger partial charge in [-0.3, -0.25) is 0 Å². The molecule has 0 aliphatic carbocycles. The van der Waals surface area contributed by atoms with Crippen LogP contribution in [0.3, 0.4) is 0 Å². The van der Waals surface area contributed by atoms with Crippen LogP contribution in [0.25, 0.3) is 0 Å². The Kier molecular flexibility index (Phi) is 12.5. The van der Waals surface area contributed by atoms with Gasteiger partial charge in [0.15, 0.2) is 0 Å². The van der Waals surface area contributed by atoms with Crippen LogP contribution in [-0.4, -0.2) is 19.6 Å². The molecule has 15 heteroatoms. The number of hydrogen-bond donors (Lipinski definition) is 4. The van der Waals surface area contributed by atoms with E-state index in [1.165, 1.54) is 0 Å². The molecule has 0 spiro atoms. The van der Waals surface area contributed by atoms with Gasteiger partial charge in [-0.2, -0.15) is 0 Å². The summed E-state index contributed by atoms with van der Waals surface area (Å²) in [4.78, 5) is 30.2. The van der Waals surface area contributed by atoms with E-state index >= 15 is 0 Å². The van der Waals surface area contributed by atoms with Crippen molar-refractivity contribution in [1.29, 1.82) is 0 Å². The first-order valence-corrected chi connectivity index (χ1v) is 13.1. The minimum atomic E-state index is -6.17. The summed E-state index contributed by atoms with van der Waals surface area (Å²) in [5.41, 5.74) is 0. The Morgan fingerprint density at radius 1 is 0.867 bits per heavy atom. The molecule has 94 valence electrons. The predicted molar refractivity (Wildman–Crippen MR) is 25.5 cm³/mol. The summed E-state index contributed by atoms with van der Waals surface area (Å²) < 4.78 is 53.1. The zero-order valence-electron chi connectivity index (χ0n) is 6.30. The van der Waals surface area contributed by atoms with E-state index < -0.39 is 29.3 Å². The van der Waals surface area contributed by atoms with E-state index in [0.717, 1.165) is 0 Å². The molecule has 0 aromatic carbocycles. The van der Waals surface area contributed by atoms with Gasteiger partial charge in [0.2, 0.25) is 0 Å². The first kappa shape index (κ1) is 21.8. The molecule has 0 rings (SSSR count). The molecular formula is H4Mn2O10P2W. The van der Waals surface area contributed by atoms with Crippen LogP contribution in [0.15, 0.2) is 0 Å². The first-order valence-electron chi connectivity index (χ1n) is 2.17. The van der Waals surface area contributed by atoms with Crippen LogP contribution in [0.2, 0.25) is 0 Å². The monoisotopic (exact) mass is 520 g/mol. The Morgan fingerprint density at radius 3 is 0.867 bits per heavy atom. The standard InChI is InChI=1S/2Mn.2HO3P.4O.W/c;;2*1-4(2)3;;;;;/h;;2*(H-,1,2,3);;;;;/q;;;;;;2*-1;/p+2. The van der Waals surface area contributed by atoms with E-state index in [4.69, 9.17) is 33.9 Å². The second-order valence-corrected chi connectivity index (χ2v) is 10.3. The summed E-state index contributed by atoms with van der Waals surface area (Å²) in [5.74, 6) is 0. The van der Waals surface area contributed by atoms with Crippen molar-refractivity contribution < 1.29 is 90.9 Å². The van der Waals surface area contributed by atoms with Gasteiger partial charge in [-0.1, -0.05) is 0 Å². The molecule has 0 bridgehead atoms. The fourth-order valence-electron chi connectivity index (χ4n) is 0. The maximum atomic E-state index is 9.24. The van der Waals surface area contributed by atoms with E-state index in [-0.39, 0.29) is 0 Å². The second kappa shape index (κ2) is 8.61. The van der Waals surface area contributed by atoms with Gasteiger partial charge in [-0.05, 0) is 0 Å². The van der Waals surface area contributed by atoms with Crippen LogP contribution < -0.4 is 7.52 Å². The summed E-state index contributed by atoms with van der Waals surface area (Å²) in [5, 5.41) is 0. The Labute approximate surface area is 103 Å². The summed E-state index contributed by atoms with van der Waals surface area (Å²) in [6.45, 7) is 0. The van der Waals surface area contributed by atoms with Crippen LogP contribution in [0.1, 0.15) is 0 Å². The molecule has 0 aromatic rings. The van der Waals surface area contributed by atoms with Crippen molar-refractivity contribution in [3.05, 3.63) is 0 Å². The van der Waals surface area contributed by atoms with Gasteiger partial charge >= 0.3 is 103 Å². The molecule has 10 nitrogen and oxygen atoms in total. The fourth-order valence-corrected chi connectivity index (χ4v) is 0. The third-order valence-corrected chi connectivity index (χ3v) is 0. The van der Waals surface area contributed by atoms with E-state index in [0.29, 0.717) is 0 Å². The van der Waals surface area contributed by atoms with Crippen molar-refractivity contribution in [3.63, 3.8) is 0 Å². The SMILES string of the molecule is O=[P](O)(O)[Mn+].O=[P](O)(O)[Mn+].[O]=[W](=[O])([O-])[O-]. The molecule has 0 aliphatic heterocycles. The molecule has 0 unspecified atom stereocenters. The topological polar surface area (TPSA) is 195 Å². The molecule has 15 heavy (non-hydrogen) atoms. The van der Waals surface area contributed by atoms with Gasteiger partial charge in [-0.25, -0.2) is 0 Å². The molecular weight excluding hydrogens is 516 g/mol. The number of rotatable bonds is 0. The van der Waals surface area contributed by atoms with Crippen molar-refractivity contribution in [2.75, 3.05) is 0 Å². The Balaban J connectivity index is -0.000000144. The van der Waals surface area contributed by atoms with Crippen LogP contribution >= 0.6 is 12.6 Å². The van der Waals surface area contributed by atoms with Crippen molar-refractivity contribution >= 4 is 12.6 Å². The summed E-state index contributed by atoms with van der Waals surface area (Å²) in [7, 11) is 0. The Bertz CT molecular complexity index is 286. The molecule has 0 aliphatic rings. The van der Waals surface area contributed by atoms with E-state index in [1.54, 1.807) is 0 Å². The van der Waals surface area contributed by atoms with Gasteiger partial charge in [0.05, 0.1) is 0 Å². The number of hydrogen-bond acceptors (Lipinski definition) is 6. The van der Waals surface area contributed by atoms with Gasteiger partial charge in [0, 0.05) is 0 Å². The second-order valence-electron chi connectivity index (χ2n) is 1.35. The van der Waals surface area contributed by atoms with E-state index in [9.17, 15) is 9.13 Å². The third kappa shape index (κ3) is 1190. The predicted octanol–water partition coefficient (Wildman–Crippen LogP) is -3.37. The molecule has 0 aromatic heterocycles. The molecule has 0 fully saturated rings. The van der Waals surface area contributed by atoms with Crippen molar-refractivity contribution in [2.24, 2.45) is 0 Å². The summed E-state index contributed by atoms with van der Waals surface area (Å²) >= 11 is -2.08. The molecule has 0 saturated carbocycles. The minimum absolute atomic E-state index is 2.04. The van der Waals surface area contributed by atoms with Crippen molar-refractivity contribution in [1.82, 2.24) is 0 Å². The quantitative estimate of drug-likeness (QED) is 0.185. The molecule has 0 radical (unpaired) electrons. The van der Waals surface area contributed by atoms with E-state index in [1.807, 2.05) is 31.1 Å². The third-order valence-electron chi connectivity index (χ3n) is 0. The van der Waals surface area contributed by atoms with Crippen LogP contribution in [0.5, 0.6) is 0 Å². The van der Waals surface area contributed by atoms with Crippen LogP contribution in [0, 0.1) is 0 Å². The molecule has 0 atom stereocenters. The average Bonchev–Trinajstić information content (AvgIpc) is 1.41. The zero-order valence-corrected chi connectivity index (χ0v) is 13.4.